The number of amides is 1. The number of carbonyl (C=O) groups excluding carboxylic acids is 1. The number of ether oxygens (including phenoxy) is 1. The summed E-state index contributed by atoms with van der Waals surface area (Å²) in [6.07, 6.45) is 2.46. The largest absolute Gasteiger partial charge is 0.481 e. The highest BCUT2D eigenvalue weighted by atomic mass is 32.1. The van der Waals surface area contributed by atoms with E-state index in [9.17, 15) is 13.6 Å². The molecule has 30 heavy (non-hydrogen) atoms. The van der Waals surface area contributed by atoms with Crippen molar-refractivity contribution < 1.29 is 18.3 Å². The number of nitrogens with zero attached hydrogens (tertiary/aromatic N) is 2. The first-order valence-electron chi connectivity index (χ1n) is 9.85. The van der Waals surface area contributed by atoms with E-state index in [2.05, 4.69) is 15.7 Å². The number of hydrogen-bond donors (Lipinski definition) is 2. The molecule has 2 aromatic heterocycles. The van der Waals surface area contributed by atoms with Gasteiger partial charge in [0, 0.05) is 24.7 Å². The molecule has 0 saturated carbocycles. The van der Waals surface area contributed by atoms with Crippen molar-refractivity contribution in [3.8, 4) is 16.3 Å². The Hall–Kier alpha value is -2.78. The summed E-state index contributed by atoms with van der Waals surface area (Å²) in [5.74, 6) is -2.04. The van der Waals surface area contributed by atoms with Crippen LogP contribution in [0.1, 0.15) is 27.6 Å². The van der Waals surface area contributed by atoms with Crippen LogP contribution in [-0.2, 0) is 6.54 Å². The molecule has 156 valence electrons. The van der Waals surface area contributed by atoms with E-state index < -0.39 is 11.6 Å². The zero-order chi connectivity index (χ0) is 20.7. The summed E-state index contributed by atoms with van der Waals surface area (Å²) in [4.78, 5) is 13.6. The fourth-order valence-corrected chi connectivity index (χ4v) is 5.07. The summed E-state index contributed by atoms with van der Waals surface area (Å²) in [5.41, 5.74) is 2.48. The number of rotatable bonds is 3. The predicted molar refractivity (Wildman–Crippen MR) is 109 cm³/mol. The molecule has 1 aromatic carbocycles. The number of carbonyl (C=O) groups is 1. The van der Waals surface area contributed by atoms with Crippen LogP contribution >= 0.6 is 11.3 Å². The molecule has 0 aliphatic carbocycles. The molecule has 1 saturated heterocycles. The van der Waals surface area contributed by atoms with Crippen molar-refractivity contribution in [3.63, 3.8) is 0 Å². The van der Waals surface area contributed by atoms with Gasteiger partial charge in [-0.3, -0.25) is 9.48 Å². The lowest BCUT2D eigenvalue weighted by Gasteiger charge is -2.33. The summed E-state index contributed by atoms with van der Waals surface area (Å²) in [6, 6.07) is 7.47. The van der Waals surface area contributed by atoms with Gasteiger partial charge in [0.2, 0.25) is 0 Å². The Kier molecular flexibility index (Phi) is 5.00. The molecule has 2 atom stereocenters. The Balaban J connectivity index is 1.38. The van der Waals surface area contributed by atoms with E-state index in [1.807, 2.05) is 16.8 Å². The minimum absolute atomic E-state index is 0.0965. The van der Waals surface area contributed by atoms with Gasteiger partial charge in [-0.1, -0.05) is 17.4 Å². The van der Waals surface area contributed by atoms with Gasteiger partial charge in [0.1, 0.15) is 6.61 Å². The molecule has 3 aromatic rings. The molecule has 0 spiro atoms. The van der Waals surface area contributed by atoms with Crippen LogP contribution in [0.15, 0.2) is 36.5 Å². The fraction of sp³-hybridized carbons (Fsp3) is 0.333. The van der Waals surface area contributed by atoms with Crippen molar-refractivity contribution in [3.05, 3.63) is 58.6 Å². The minimum atomic E-state index is -0.869. The number of fused-ring (bicyclic) bond motifs is 3. The molecule has 5 rings (SSSR count). The molecule has 9 heteroatoms. The van der Waals surface area contributed by atoms with E-state index in [1.165, 1.54) is 17.4 Å². The average Bonchev–Trinajstić information content (AvgIpc) is 3.35. The fourth-order valence-electron chi connectivity index (χ4n) is 4.13. The van der Waals surface area contributed by atoms with E-state index in [1.54, 1.807) is 12.3 Å². The monoisotopic (exact) mass is 430 g/mol. The third kappa shape index (κ3) is 3.48. The molecular formula is C21H20F2N4O2S. The third-order valence-corrected chi connectivity index (χ3v) is 6.67. The Bertz CT molecular complexity index is 1100. The van der Waals surface area contributed by atoms with Gasteiger partial charge in [-0.15, -0.1) is 0 Å². The van der Waals surface area contributed by atoms with E-state index in [0.29, 0.717) is 35.2 Å². The highest BCUT2D eigenvalue weighted by molar-refractivity contribution is 7.16. The quantitative estimate of drug-likeness (QED) is 0.670. The van der Waals surface area contributed by atoms with Crippen LogP contribution in [0.3, 0.4) is 0 Å². The number of aromatic nitrogens is 2. The number of thiophene rings is 1. The van der Waals surface area contributed by atoms with E-state index in [0.717, 1.165) is 30.3 Å². The molecule has 0 unspecified atom stereocenters. The molecule has 2 aliphatic rings. The van der Waals surface area contributed by atoms with Crippen LogP contribution in [0.25, 0.3) is 11.3 Å². The molecule has 2 aliphatic heterocycles. The van der Waals surface area contributed by atoms with Crippen molar-refractivity contribution in [2.75, 3.05) is 19.7 Å². The summed E-state index contributed by atoms with van der Waals surface area (Å²) in [6.45, 7) is 2.47. The van der Waals surface area contributed by atoms with Gasteiger partial charge >= 0.3 is 0 Å². The van der Waals surface area contributed by atoms with Crippen LogP contribution in [0, 0.1) is 11.6 Å². The molecule has 2 N–H and O–H groups in total. The lowest BCUT2D eigenvalue weighted by Crippen LogP contribution is -2.49. The van der Waals surface area contributed by atoms with Crippen LogP contribution in [0.2, 0.25) is 0 Å². The van der Waals surface area contributed by atoms with Crippen molar-refractivity contribution >= 4 is 17.2 Å². The molecule has 1 amide bonds. The number of piperidine rings is 1. The highest BCUT2D eigenvalue weighted by Gasteiger charge is 2.30. The SMILES string of the molecule is O=C(N[C@@H]1CNCC[C@H]1c1ccc(F)c(F)c1)c1cc2c(s1)OCCn1nccc1-2. The average molecular weight is 430 g/mol. The summed E-state index contributed by atoms with van der Waals surface area (Å²) in [7, 11) is 0. The maximum atomic E-state index is 13.8. The second kappa shape index (κ2) is 7.81. The normalized spacial score (nSPS) is 20.6. The van der Waals surface area contributed by atoms with E-state index >= 15 is 0 Å². The second-order valence-corrected chi connectivity index (χ2v) is 8.47. The topological polar surface area (TPSA) is 68.2 Å². The third-order valence-electron chi connectivity index (χ3n) is 5.62. The maximum Gasteiger partial charge on any atom is 0.261 e. The Morgan fingerprint density at radius 3 is 3.03 bits per heavy atom. The molecule has 6 nitrogen and oxygen atoms in total. The Morgan fingerprint density at radius 1 is 1.27 bits per heavy atom. The molecule has 1 fully saturated rings. The Labute approximate surface area is 175 Å². The maximum absolute atomic E-state index is 13.8. The second-order valence-electron chi connectivity index (χ2n) is 7.45. The van der Waals surface area contributed by atoms with Crippen LogP contribution in [0.5, 0.6) is 5.06 Å². The standard InChI is InChI=1S/C21H20F2N4O2S/c22-15-2-1-12(9-16(15)23)13-3-5-24-11-17(13)26-20(28)19-10-14-18-4-6-25-27(18)7-8-29-21(14)30-19/h1-2,4,6,9-10,13,17,24H,3,5,7-8,11H2,(H,26,28)/t13-,17+/m0/s1. The first-order valence-corrected chi connectivity index (χ1v) is 10.7. The van der Waals surface area contributed by atoms with Crippen LogP contribution < -0.4 is 15.4 Å². The van der Waals surface area contributed by atoms with Gasteiger partial charge in [-0.05, 0) is 42.8 Å². The van der Waals surface area contributed by atoms with E-state index in [4.69, 9.17) is 4.74 Å². The lowest BCUT2D eigenvalue weighted by atomic mass is 9.86. The number of hydrogen-bond acceptors (Lipinski definition) is 5. The van der Waals surface area contributed by atoms with E-state index in [-0.39, 0.29) is 17.9 Å². The Morgan fingerprint density at radius 2 is 2.17 bits per heavy atom. The summed E-state index contributed by atoms with van der Waals surface area (Å²) >= 11 is 1.31. The van der Waals surface area contributed by atoms with Crippen molar-refractivity contribution in [1.29, 1.82) is 0 Å². The zero-order valence-electron chi connectivity index (χ0n) is 16.0. The molecule has 0 radical (unpaired) electrons. The summed E-state index contributed by atoms with van der Waals surface area (Å²) in [5, 5.41) is 11.3. The predicted octanol–water partition coefficient (Wildman–Crippen LogP) is 3.16. The molecular weight excluding hydrogens is 410 g/mol. The van der Waals surface area contributed by atoms with Crippen LogP contribution in [0.4, 0.5) is 8.78 Å². The number of halogens is 2. The van der Waals surface area contributed by atoms with Gasteiger partial charge in [-0.25, -0.2) is 8.78 Å². The summed E-state index contributed by atoms with van der Waals surface area (Å²) < 4.78 is 34.8. The molecule has 0 bridgehead atoms. The van der Waals surface area contributed by atoms with Gasteiger partial charge in [-0.2, -0.15) is 5.10 Å². The molecule has 4 heterocycles. The minimum Gasteiger partial charge on any atom is -0.481 e. The van der Waals surface area contributed by atoms with Gasteiger partial charge in [0.25, 0.3) is 5.91 Å². The number of benzene rings is 1. The lowest BCUT2D eigenvalue weighted by molar-refractivity contribution is 0.0928. The van der Waals surface area contributed by atoms with Gasteiger partial charge in [0.05, 0.1) is 22.7 Å². The van der Waals surface area contributed by atoms with Crippen molar-refractivity contribution in [1.82, 2.24) is 20.4 Å². The van der Waals surface area contributed by atoms with Crippen molar-refractivity contribution in [2.24, 2.45) is 0 Å². The highest BCUT2D eigenvalue weighted by Crippen LogP contribution is 2.40. The number of nitrogens with one attached hydrogen (secondary N) is 2. The smallest absolute Gasteiger partial charge is 0.261 e. The first kappa shape index (κ1) is 19.2. The van der Waals surface area contributed by atoms with Crippen molar-refractivity contribution in [2.45, 2.75) is 24.9 Å². The first-order chi connectivity index (χ1) is 14.6. The van der Waals surface area contributed by atoms with Crippen LogP contribution in [-0.4, -0.2) is 41.4 Å². The van der Waals surface area contributed by atoms with Gasteiger partial charge in [0.15, 0.2) is 16.7 Å². The zero-order valence-corrected chi connectivity index (χ0v) is 16.8. The van der Waals surface area contributed by atoms with Gasteiger partial charge < -0.3 is 15.4 Å².